The zero-order valence-corrected chi connectivity index (χ0v) is 34.9. The van der Waals surface area contributed by atoms with E-state index in [1.807, 2.05) is 80.3 Å². The lowest BCUT2D eigenvalue weighted by molar-refractivity contribution is -0.375. The topological polar surface area (TPSA) is 142 Å². The quantitative estimate of drug-likeness (QED) is 0.0986. The molecule has 292 valence electrons. The van der Waals surface area contributed by atoms with Gasteiger partial charge >= 0.3 is 11.9 Å². The number of ether oxygens (including phenoxy) is 6. The summed E-state index contributed by atoms with van der Waals surface area (Å²) in [6, 6.07) is 19.8. The molecule has 0 saturated carbocycles. The van der Waals surface area contributed by atoms with Crippen LogP contribution in [0.25, 0.3) is 0 Å². The van der Waals surface area contributed by atoms with Crippen molar-refractivity contribution in [1.29, 1.82) is 0 Å². The van der Waals surface area contributed by atoms with Gasteiger partial charge in [-0.2, -0.15) is 0 Å². The second-order valence-corrected chi connectivity index (χ2v) is 24.4. The highest BCUT2D eigenvalue weighted by atomic mass is 28.4. The number of esters is 2. The van der Waals surface area contributed by atoms with E-state index < -0.39 is 80.1 Å². The van der Waals surface area contributed by atoms with Gasteiger partial charge < -0.3 is 37.3 Å². The summed E-state index contributed by atoms with van der Waals surface area (Å²) in [7, 11) is -3.66. The molecule has 2 heterocycles. The van der Waals surface area contributed by atoms with Gasteiger partial charge in [0.1, 0.15) is 24.5 Å². The van der Waals surface area contributed by atoms with Gasteiger partial charge in [-0.15, -0.1) is 0 Å². The van der Waals surface area contributed by atoms with E-state index in [9.17, 15) is 19.2 Å². The Labute approximate surface area is 315 Å². The molecule has 0 N–H and O–H groups in total. The van der Waals surface area contributed by atoms with Crippen molar-refractivity contribution in [3.63, 3.8) is 0 Å². The van der Waals surface area contributed by atoms with Gasteiger partial charge in [-0.3, -0.25) is 9.59 Å². The third kappa shape index (κ3) is 7.49. The Morgan fingerprint density at radius 2 is 1.38 bits per heavy atom. The molecule has 0 unspecified atom stereocenters. The van der Waals surface area contributed by atoms with Gasteiger partial charge in [0.15, 0.2) is 14.1 Å². The number of carbonyl (C=O) groups excluding carboxylic acids is 4. The third-order valence-corrected chi connectivity index (χ3v) is 15.9. The smallest absolute Gasteiger partial charge is 0.343 e. The van der Waals surface area contributed by atoms with Crippen molar-refractivity contribution in [2.45, 2.75) is 95.7 Å². The van der Waals surface area contributed by atoms with Crippen LogP contribution in [0.4, 0.5) is 0 Å². The van der Waals surface area contributed by atoms with Crippen LogP contribution in [0.15, 0.2) is 60.7 Å². The summed E-state index contributed by atoms with van der Waals surface area (Å²) in [5.41, 5.74) is -5.00. The van der Waals surface area contributed by atoms with Crippen LogP contribution in [0.1, 0.15) is 48.0 Å². The summed E-state index contributed by atoms with van der Waals surface area (Å²) < 4.78 is 50.1. The molecule has 0 amide bonds. The minimum atomic E-state index is -3.34. The molecular formula is C39H56O12Si2. The number of rotatable bonds is 17. The Morgan fingerprint density at radius 1 is 0.830 bits per heavy atom. The van der Waals surface area contributed by atoms with Crippen molar-refractivity contribution in [1.82, 2.24) is 0 Å². The Balaban J connectivity index is 2.12. The molecule has 2 aromatic carbocycles. The molecule has 2 aliphatic heterocycles. The maximum Gasteiger partial charge on any atom is 0.343 e. The number of methoxy groups -OCH3 is 2. The lowest BCUT2D eigenvalue weighted by Gasteiger charge is -2.56. The van der Waals surface area contributed by atoms with E-state index in [-0.39, 0.29) is 33.0 Å². The molecule has 2 fully saturated rings. The van der Waals surface area contributed by atoms with E-state index in [4.69, 9.17) is 37.3 Å². The van der Waals surface area contributed by atoms with Crippen LogP contribution in [0, 0.1) is 11.8 Å². The highest BCUT2D eigenvalue weighted by Crippen LogP contribution is 2.62. The molecular weight excluding hydrogens is 717 g/mol. The van der Waals surface area contributed by atoms with Crippen molar-refractivity contribution >= 4 is 50.5 Å². The molecule has 0 spiro atoms. The van der Waals surface area contributed by atoms with Crippen LogP contribution < -0.4 is 10.4 Å². The molecule has 4 rings (SSSR count). The van der Waals surface area contributed by atoms with E-state index in [0.29, 0.717) is 0 Å². The van der Waals surface area contributed by atoms with E-state index in [2.05, 4.69) is 20.8 Å². The first-order valence-corrected chi connectivity index (χ1v) is 23.3. The number of ketones is 2. The fourth-order valence-electron chi connectivity index (χ4n) is 8.32. The summed E-state index contributed by atoms with van der Waals surface area (Å²) >= 11 is 0. The Morgan fingerprint density at radius 3 is 1.81 bits per heavy atom. The Kier molecular flexibility index (Phi) is 13.1. The molecule has 14 heteroatoms. The number of Topliss-reactive ketones (excluding diaryl/α,β-unsaturated/α-hetero) is 2. The third-order valence-electron chi connectivity index (χ3n) is 10.0. The van der Waals surface area contributed by atoms with Crippen LogP contribution in [-0.4, -0.2) is 104 Å². The average molecular weight is 773 g/mol. The maximum atomic E-state index is 14.8. The van der Waals surface area contributed by atoms with Crippen LogP contribution in [-0.2, 0) is 56.5 Å². The molecule has 6 atom stereocenters. The molecule has 12 nitrogen and oxygen atoms in total. The Hall–Kier alpha value is -3.09. The van der Waals surface area contributed by atoms with Gasteiger partial charge in [0.25, 0.3) is 8.32 Å². The molecule has 2 aromatic rings. The van der Waals surface area contributed by atoms with Crippen LogP contribution in [0.2, 0.25) is 24.7 Å². The Bertz CT molecular complexity index is 1570. The van der Waals surface area contributed by atoms with Gasteiger partial charge in [-0.1, -0.05) is 81.4 Å². The van der Waals surface area contributed by atoms with E-state index in [1.54, 1.807) is 6.92 Å². The number of benzene rings is 2. The summed E-state index contributed by atoms with van der Waals surface area (Å²) in [6.45, 7) is 15.4. The normalized spacial score (nSPS) is 27.3. The minimum absolute atomic E-state index is 0.0520. The van der Waals surface area contributed by atoms with Crippen molar-refractivity contribution in [3.8, 4) is 0 Å². The van der Waals surface area contributed by atoms with Crippen LogP contribution in [0.3, 0.4) is 0 Å². The van der Waals surface area contributed by atoms with Crippen molar-refractivity contribution in [2.75, 3.05) is 40.8 Å². The van der Waals surface area contributed by atoms with Crippen molar-refractivity contribution in [2.24, 2.45) is 11.8 Å². The van der Waals surface area contributed by atoms with Crippen molar-refractivity contribution in [3.05, 3.63) is 60.7 Å². The number of fused-ring (bicyclic) bond motifs is 2. The minimum Gasteiger partial charge on any atom is -0.467 e. The largest absolute Gasteiger partial charge is 0.467 e. The molecule has 2 aliphatic rings. The zero-order valence-electron chi connectivity index (χ0n) is 32.9. The van der Waals surface area contributed by atoms with Gasteiger partial charge in [0.2, 0.25) is 11.2 Å². The molecule has 0 aromatic heterocycles. The number of carbonyl (C=O) groups is 4. The maximum absolute atomic E-state index is 14.8. The fourth-order valence-corrected chi connectivity index (χ4v) is 14.2. The zero-order chi connectivity index (χ0) is 39.5. The number of hydrogen-bond donors (Lipinski definition) is 0. The first kappa shape index (κ1) is 42.7. The van der Waals surface area contributed by atoms with E-state index >= 15 is 0 Å². The van der Waals surface area contributed by atoms with Gasteiger partial charge in [-0.25, -0.2) is 9.59 Å². The monoisotopic (exact) mass is 772 g/mol. The second-order valence-electron chi connectivity index (χ2n) is 15.6. The van der Waals surface area contributed by atoms with Gasteiger partial charge in [0, 0.05) is 13.5 Å². The van der Waals surface area contributed by atoms with Gasteiger partial charge in [0.05, 0.1) is 38.8 Å². The standard InChI is InChI=1S/C39H56O12Si2/c1-12-47-35(43)39-33(28(3)41)32(27(2)40)37(50-39,23-24-46-26-44-7)49-31(38(39,34(42)45-8)51-52(9,10)11)25-48-53(36(4,5)6,29-19-15-13-16-20-29)30-21-17-14-18-22-30/h13-22,31-33H,12,23-26H2,1-11H3/t31-,32-,33-,37+,38-,39+/m1/s1. The predicted molar refractivity (Wildman–Crippen MR) is 202 cm³/mol. The summed E-state index contributed by atoms with van der Waals surface area (Å²) in [4.78, 5) is 57.6. The molecule has 0 aliphatic carbocycles. The number of hydrogen-bond acceptors (Lipinski definition) is 12. The highest BCUT2D eigenvalue weighted by Gasteiger charge is 2.86. The predicted octanol–water partition coefficient (Wildman–Crippen LogP) is 4.17. The summed E-state index contributed by atoms with van der Waals surface area (Å²) in [6.07, 6.45) is -1.58. The fraction of sp³-hybridized carbons (Fsp3) is 0.590. The van der Waals surface area contributed by atoms with E-state index in [1.165, 1.54) is 21.0 Å². The first-order valence-electron chi connectivity index (χ1n) is 18.0. The van der Waals surface area contributed by atoms with Gasteiger partial charge in [-0.05, 0) is 55.8 Å². The second kappa shape index (κ2) is 16.3. The average Bonchev–Trinajstić information content (AvgIpc) is 3.37. The molecule has 53 heavy (non-hydrogen) atoms. The van der Waals surface area contributed by atoms with Crippen LogP contribution in [0.5, 0.6) is 0 Å². The highest BCUT2D eigenvalue weighted by molar-refractivity contribution is 6.99. The molecule has 0 radical (unpaired) electrons. The first-order chi connectivity index (χ1) is 24.8. The molecule has 2 saturated heterocycles. The summed E-state index contributed by atoms with van der Waals surface area (Å²) in [5, 5.41) is 1.41. The van der Waals surface area contributed by atoms with E-state index in [0.717, 1.165) is 17.5 Å². The summed E-state index contributed by atoms with van der Waals surface area (Å²) in [5.74, 6) is -8.07. The SMILES string of the molecule is CCOC(=O)[C@]12O[C@](CCOCOC)(O[C@H](CO[Si](c3ccccc3)(c3ccccc3)C(C)(C)C)[C@@]1(O[Si](C)(C)C)C(=O)OC)[C@H](C(C)=O)[C@H]2C(C)=O. The van der Waals surface area contributed by atoms with Crippen molar-refractivity contribution < 1.29 is 56.5 Å². The van der Waals surface area contributed by atoms with Crippen LogP contribution >= 0.6 is 0 Å². The lowest BCUT2D eigenvalue weighted by atomic mass is 9.66. The lowest BCUT2D eigenvalue weighted by Crippen LogP contribution is -2.80. The molecule has 2 bridgehead atoms.